The van der Waals surface area contributed by atoms with E-state index < -0.39 is 11.9 Å². The third-order valence-corrected chi connectivity index (χ3v) is 3.54. The van der Waals surface area contributed by atoms with Crippen molar-refractivity contribution in [1.29, 1.82) is 0 Å². The van der Waals surface area contributed by atoms with Crippen molar-refractivity contribution in [2.24, 2.45) is 11.8 Å². The fourth-order valence-corrected chi connectivity index (χ4v) is 2.57. The Hall–Kier alpha value is -0.450. The fourth-order valence-electron chi connectivity index (χ4n) is 2.57. The summed E-state index contributed by atoms with van der Waals surface area (Å²) in [5.74, 6) is -0.602. The Kier molecular flexibility index (Phi) is 4.69. The van der Waals surface area contributed by atoms with Crippen LogP contribution < -0.4 is 0 Å². The molecule has 1 rings (SSSR count). The number of carbonyl (C=O) groups excluding carboxylic acids is 1. The molecule has 0 radical (unpaired) electrons. The summed E-state index contributed by atoms with van der Waals surface area (Å²) in [6, 6.07) is 0. The van der Waals surface area contributed by atoms with E-state index in [2.05, 4.69) is 0 Å². The number of methoxy groups -OCH3 is 1. The summed E-state index contributed by atoms with van der Waals surface area (Å²) in [5, 5.41) is 10.1. The highest BCUT2D eigenvalue weighted by Gasteiger charge is 2.46. The molecule has 1 heterocycles. The number of aliphatic hydroxyl groups is 1. The predicted octanol–water partition coefficient (Wildman–Crippen LogP) is 1.75. The number of ether oxygens (including phenoxy) is 2. The zero-order valence-corrected chi connectivity index (χ0v) is 11.4. The van der Waals surface area contributed by atoms with Crippen LogP contribution in [0.15, 0.2) is 0 Å². The first-order valence-corrected chi connectivity index (χ1v) is 6.22. The second-order valence-corrected chi connectivity index (χ2v) is 5.45. The van der Waals surface area contributed by atoms with E-state index in [1.165, 1.54) is 14.0 Å². The second-order valence-electron chi connectivity index (χ2n) is 5.45. The summed E-state index contributed by atoms with van der Waals surface area (Å²) in [5.41, 5.74) is 0. The molecule has 0 amide bonds. The van der Waals surface area contributed by atoms with Gasteiger partial charge in [-0.15, -0.1) is 0 Å². The van der Waals surface area contributed by atoms with Crippen LogP contribution in [0.4, 0.5) is 0 Å². The molecule has 17 heavy (non-hydrogen) atoms. The topological polar surface area (TPSA) is 55.8 Å². The van der Waals surface area contributed by atoms with Crippen LogP contribution in [0, 0.1) is 11.8 Å². The number of aliphatic hydroxyl groups excluding tert-OH is 1. The molecule has 0 bridgehead atoms. The molecular weight excluding hydrogens is 220 g/mol. The molecule has 100 valence electrons. The van der Waals surface area contributed by atoms with Crippen LogP contribution in [0.2, 0.25) is 0 Å². The van der Waals surface area contributed by atoms with Crippen molar-refractivity contribution in [3.05, 3.63) is 0 Å². The van der Waals surface area contributed by atoms with Crippen molar-refractivity contribution < 1.29 is 19.4 Å². The van der Waals surface area contributed by atoms with Crippen LogP contribution >= 0.6 is 0 Å². The number of Topliss-reactive ketones (excluding diaryl/α,β-unsaturated/α-hetero) is 1. The van der Waals surface area contributed by atoms with Gasteiger partial charge in [-0.3, -0.25) is 4.79 Å². The van der Waals surface area contributed by atoms with Gasteiger partial charge in [-0.2, -0.15) is 0 Å². The van der Waals surface area contributed by atoms with Gasteiger partial charge < -0.3 is 14.6 Å². The lowest BCUT2D eigenvalue weighted by molar-refractivity contribution is -0.305. The Morgan fingerprint density at radius 2 is 2.18 bits per heavy atom. The SMILES string of the molecule is CO[C@]1(CC(C)=O)C[C@H](O)[C@H](C)[C@@H](C(C)C)O1. The zero-order chi connectivity index (χ0) is 13.2. The van der Waals surface area contributed by atoms with E-state index in [0.717, 1.165) is 0 Å². The van der Waals surface area contributed by atoms with E-state index in [4.69, 9.17) is 9.47 Å². The lowest BCUT2D eigenvalue weighted by Crippen LogP contribution is -2.54. The lowest BCUT2D eigenvalue weighted by atomic mass is 9.82. The van der Waals surface area contributed by atoms with E-state index in [1.807, 2.05) is 20.8 Å². The maximum Gasteiger partial charge on any atom is 0.177 e. The molecule has 0 aromatic rings. The van der Waals surface area contributed by atoms with Crippen LogP contribution in [0.25, 0.3) is 0 Å². The number of hydrogen-bond donors (Lipinski definition) is 1. The third kappa shape index (κ3) is 3.27. The van der Waals surface area contributed by atoms with Gasteiger partial charge in [-0.25, -0.2) is 0 Å². The van der Waals surface area contributed by atoms with Crippen molar-refractivity contribution in [2.45, 2.75) is 58.5 Å². The van der Waals surface area contributed by atoms with Crippen LogP contribution in [0.3, 0.4) is 0 Å². The molecule has 4 heteroatoms. The Morgan fingerprint density at radius 3 is 2.59 bits per heavy atom. The highest BCUT2D eigenvalue weighted by molar-refractivity contribution is 5.76. The maximum atomic E-state index is 11.3. The average Bonchev–Trinajstić information content (AvgIpc) is 2.22. The molecule has 0 aromatic carbocycles. The van der Waals surface area contributed by atoms with E-state index in [-0.39, 0.29) is 30.1 Å². The Morgan fingerprint density at radius 1 is 1.59 bits per heavy atom. The first kappa shape index (κ1) is 14.6. The van der Waals surface area contributed by atoms with Gasteiger partial charge in [0.1, 0.15) is 5.78 Å². The van der Waals surface area contributed by atoms with Crippen molar-refractivity contribution >= 4 is 5.78 Å². The molecule has 1 aliphatic rings. The predicted molar refractivity (Wildman–Crippen MR) is 64.5 cm³/mol. The molecule has 1 saturated heterocycles. The monoisotopic (exact) mass is 244 g/mol. The van der Waals surface area contributed by atoms with Crippen molar-refractivity contribution in [1.82, 2.24) is 0 Å². The summed E-state index contributed by atoms with van der Waals surface area (Å²) in [6.45, 7) is 7.59. The van der Waals surface area contributed by atoms with Crippen LogP contribution in [0.1, 0.15) is 40.5 Å². The number of ketones is 1. The molecule has 0 aliphatic carbocycles. The summed E-state index contributed by atoms with van der Waals surface area (Å²) in [7, 11) is 1.53. The van der Waals surface area contributed by atoms with Crippen LogP contribution in [0.5, 0.6) is 0 Å². The normalized spacial score (nSPS) is 38.4. The van der Waals surface area contributed by atoms with Gasteiger partial charge in [0.15, 0.2) is 5.79 Å². The van der Waals surface area contributed by atoms with Crippen molar-refractivity contribution in [3.8, 4) is 0 Å². The Balaban J connectivity index is 2.90. The minimum atomic E-state index is -0.952. The Labute approximate surface area is 103 Å². The summed E-state index contributed by atoms with van der Waals surface area (Å²) in [6.07, 6.45) is -0.0299. The molecule has 0 unspecified atom stereocenters. The molecule has 0 spiro atoms. The van der Waals surface area contributed by atoms with Gasteiger partial charge in [0, 0.05) is 19.4 Å². The first-order chi connectivity index (χ1) is 7.81. The van der Waals surface area contributed by atoms with Crippen LogP contribution in [-0.2, 0) is 14.3 Å². The number of hydrogen-bond acceptors (Lipinski definition) is 4. The smallest absolute Gasteiger partial charge is 0.177 e. The highest BCUT2D eigenvalue weighted by atomic mass is 16.7. The summed E-state index contributed by atoms with van der Waals surface area (Å²) in [4.78, 5) is 11.3. The molecule has 0 saturated carbocycles. The number of rotatable bonds is 4. The maximum absolute atomic E-state index is 11.3. The highest BCUT2D eigenvalue weighted by Crippen LogP contribution is 2.38. The van der Waals surface area contributed by atoms with Gasteiger partial charge >= 0.3 is 0 Å². The lowest BCUT2D eigenvalue weighted by Gasteiger charge is -2.46. The Bertz CT molecular complexity index is 277. The van der Waals surface area contributed by atoms with Gasteiger partial charge in [-0.1, -0.05) is 20.8 Å². The molecule has 4 nitrogen and oxygen atoms in total. The van der Waals surface area contributed by atoms with Crippen molar-refractivity contribution in [3.63, 3.8) is 0 Å². The molecule has 1 fully saturated rings. The van der Waals surface area contributed by atoms with E-state index in [0.29, 0.717) is 6.42 Å². The number of carbonyl (C=O) groups is 1. The van der Waals surface area contributed by atoms with E-state index in [1.54, 1.807) is 0 Å². The van der Waals surface area contributed by atoms with Crippen LogP contribution in [-0.4, -0.2) is 36.0 Å². The third-order valence-electron chi connectivity index (χ3n) is 3.54. The average molecular weight is 244 g/mol. The van der Waals surface area contributed by atoms with E-state index >= 15 is 0 Å². The van der Waals surface area contributed by atoms with Crippen molar-refractivity contribution in [2.75, 3.05) is 7.11 Å². The summed E-state index contributed by atoms with van der Waals surface area (Å²) < 4.78 is 11.4. The van der Waals surface area contributed by atoms with Gasteiger partial charge in [-0.05, 0) is 12.8 Å². The minimum Gasteiger partial charge on any atom is -0.393 e. The zero-order valence-electron chi connectivity index (χ0n) is 11.4. The van der Waals surface area contributed by atoms with E-state index in [9.17, 15) is 9.90 Å². The molecule has 1 N–H and O–H groups in total. The van der Waals surface area contributed by atoms with Gasteiger partial charge in [0.2, 0.25) is 0 Å². The van der Waals surface area contributed by atoms with Gasteiger partial charge in [0.05, 0.1) is 18.6 Å². The summed E-state index contributed by atoms with van der Waals surface area (Å²) >= 11 is 0. The fraction of sp³-hybridized carbons (Fsp3) is 0.923. The minimum absolute atomic E-state index is 0.0103. The molecule has 0 aromatic heterocycles. The largest absolute Gasteiger partial charge is 0.393 e. The molecule has 4 atom stereocenters. The second kappa shape index (κ2) is 5.46. The molecule has 1 aliphatic heterocycles. The quantitative estimate of drug-likeness (QED) is 0.818. The van der Waals surface area contributed by atoms with Gasteiger partial charge in [0.25, 0.3) is 0 Å². The first-order valence-electron chi connectivity index (χ1n) is 6.22. The molecular formula is C13H24O4. The standard InChI is InChI=1S/C13H24O4/c1-8(2)12-10(4)11(15)7-13(16-5,17-12)6-9(3)14/h8,10-12,15H,6-7H2,1-5H3/t10-,11-,12+,13-/m0/s1.